The van der Waals surface area contributed by atoms with Crippen LogP contribution >= 0.6 is 11.3 Å². The lowest BCUT2D eigenvalue weighted by atomic mass is 10.1. The summed E-state index contributed by atoms with van der Waals surface area (Å²) in [4.78, 5) is 3.50. The topological polar surface area (TPSA) is 61.4 Å². The predicted molar refractivity (Wildman–Crippen MR) is 87.2 cm³/mol. The van der Waals surface area contributed by atoms with E-state index in [1.807, 2.05) is 12.4 Å². The van der Waals surface area contributed by atoms with E-state index in [1.54, 1.807) is 6.07 Å². The number of nitrogens with zero attached hydrogens (tertiary/aromatic N) is 1. The fourth-order valence-electron chi connectivity index (χ4n) is 2.62. The van der Waals surface area contributed by atoms with E-state index in [9.17, 15) is 8.42 Å². The number of thiophene rings is 1. The summed E-state index contributed by atoms with van der Waals surface area (Å²) >= 11 is 1.50. The largest absolute Gasteiger partial charge is 0.312 e. The Hall–Kier alpha value is -0.470. The lowest BCUT2D eigenvalue weighted by molar-refractivity contribution is 0.242. The summed E-state index contributed by atoms with van der Waals surface area (Å²) in [7, 11) is -1.38. The number of sulfonamides is 1. The van der Waals surface area contributed by atoms with E-state index in [-0.39, 0.29) is 6.04 Å². The van der Waals surface area contributed by atoms with Gasteiger partial charge >= 0.3 is 0 Å². The Kier molecular flexibility index (Phi) is 6.19. The van der Waals surface area contributed by atoms with Crippen molar-refractivity contribution in [3.8, 4) is 0 Å². The van der Waals surface area contributed by atoms with E-state index in [2.05, 4.69) is 21.9 Å². The van der Waals surface area contributed by atoms with Gasteiger partial charge in [-0.2, -0.15) is 0 Å². The summed E-state index contributed by atoms with van der Waals surface area (Å²) in [6, 6.07) is 1.73. The molecule has 1 aliphatic heterocycles. The summed E-state index contributed by atoms with van der Waals surface area (Å²) in [6.07, 6.45) is 3.00. The van der Waals surface area contributed by atoms with E-state index in [0.717, 1.165) is 43.8 Å². The molecule has 0 saturated carbocycles. The van der Waals surface area contributed by atoms with E-state index < -0.39 is 10.0 Å². The molecule has 2 rings (SSSR count). The zero-order chi connectivity index (χ0) is 15.3. The van der Waals surface area contributed by atoms with Gasteiger partial charge in [-0.05, 0) is 50.8 Å². The van der Waals surface area contributed by atoms with Gasteiger partial charge in [-0.25, -0.2) is 13.1 Å². The monoisotopic (exact) mass is 331 g/mol. The Labute approximate surface area is 131 Å². The van der Waals surface area contributed by atoms with Crippen LogP contribution in [0.1, 0.15) is 31.1 Å². The molecule has 1 unspecified atom stereocenters. The smallest absolute Gasteiger partial charge is 0.242 e. The maximum atomic E-state index is 12.6. The number of piperidine rings is 1. The van der Waals surface area contributed by atoms with Crippen molar-refractivity contribution < 1.29 is 8.42 Å². The molecular weight excluding hydrogens is 306 g/mol. The van der Waals surface area contributed by atoms with Crippen molar-refractivity contribution in [1.82, 2.24) is 14.9 Å². The molecule has 7 heteroatoms. The number of nitrogens with one attached hydrogen (secondary N) is 2. The second-order valence-electron chi connectivity index (χ2n) is 5.61. The van der Waals surface area contributed by atoms with Crippen LogP contribution in [0.3, 0.4) is 0 Å². The van der Waals surface area contributed by atoms with Gasteiger partial charge in [0.15, 0.2) is 0 Å². The summed E-state index contributed by atoms with van der Waals surface area (Å²) in [5, 5.41) is 5.12. The lowest BCUT2D eigenvalue weighted by Crippen LogP contribution is -2.46. The van der Waals surface area contributed by atoms with Crippen molar-refractivity contribution in [2.75, 3.05) is 26.7 Å². The predicted octanol–water partition coefficient (Wildman–Crippen LogP) is 1.62. The molecule has 2 heterocycles. The van der Waals surface area contributed by atoms with Crippen molar-refractivity contribution >= 4 is 21.4 Å². The molecule has 1 fully saturated rings. The molecule has 2 N–H and O–H groups in total. The molecule has 21 heavy (non-hydrogen) atoms. The van der Waals surface area contributed by atoms with Gasteiger partial charge < -0.3 is 10.2 Å². The first-order valence-electron chi connectivity index (χ1n) is 7.51. The molecular formula is C14H25N3O2S2. The minimum absolute atomic E-state index is 0.0186. The second kappa shape index (κ2) is 7.69. The maximum absolute atomic E-state index is 12.6. The molecule has 0 aliphatic carbocycles. The molecule has 0 spiro atoms. The molecule has 0 radical (unpaired) electrons. The third-order valence-corrected chi connectivity index (χ3v) is 6.31. The highest BCUT2D eigenvalue weighted by Gasteiger charge is 2.26. The zero-order valence-electron chi connectivity index (χ0n) is 12.8. The van der Waals surface area contributed by atoms with Gasteiger partial charge in [0.25, 0.3) is 0 Å². The minimum atomic E-state index is -3.41. The van der Waals surface area contributed by atoms with Crippen LogP contribution in [0.5, 0.6) is 0 Å². The van der Waals surface area contributed by atoms with Crippen LogP contribution in [0.4, 0.5) is 0 Å². The molecule has 1 aromatic rings. The van der Waals surface area contributed by atoms with Crippen molar-refractivity contribution in [3.05, 3.63) is 16.3 Å². The first-order valence-corrected chi connectivity index (χ1v) is 9.87. The zero-order valence-corrected chi connectivity index (χ0v) is 14.4. The van der Waals surface area contributed by atoms with Crippen LogP contribution in [-0.2, 0) is 16.6 Å². The van der Waals surface area contributed by atoms with Crippen LogP contribution in [0.15, 0.2) is 16.3 Å². The fourth-order valence-corrected chi connectivity index (χ4v) is 5.30. The molecule has 0 amide bonds. The highest BCUT2D eigenvalue weighted by molar-refractivity contribution is 7.89. The molecule has 0 bridgehead atoms. The second-order valence-corrected chi connectivity index (χ2v) is 8.29. The van der Waals surface area contributed by atoms with Gasteiger partial charge in [-0.15, -0.1) is 11.3 Å². The number of hydrogen-bond acceptors (Lipinski definition) is 5. The summed E-state index contributed by atoms with van der Waals surface area (Å²) in [6.45, 7) is 5.44. The van der Waals surface area contributed by atoms with Crippen molar-refractivity contribution in [1.29, 1.82) is 0 Å². The minimum Gasteiger partial charge on any atom is -0.312 e. The van der Waals surface area contributed by atoms with Crippen LogP contribution in [0.2, 0.25) is 0 Å². The Morgan fingerprint density at radius 2 is 2.29 bits per heavy atom. The van der Waals surface area contributed by atoms with Crippen molar-refractivity contribution in [2.24, 2.45) is 0 Å². The molecule has 120 valence electrons. The Balaban J connectivity index is 2.03. The van der Waals surface area contributed by atoms with E-state index in [4.69, 9.17) is 0 Å². The standard InChI is InChI=1S/C14H25N3O2S2/c1-3-7-15-10-13-14(6-9-20-13)21(18,19)16-12-5-4-8-17(2)11-12/h6,9,12,15-16H,3-5,7-8,10-11H2,1-2H3. The van der Waals surface area contributed by atoms with Crippen LogP contribution in [0.25, 0.3) is 0 Å². The molecule has 1 aliphatic rings. The molecule has 1 aromatic heterocycles. The Morgan fingerprint density at radius 1 is 1.48 bits per heavy atom. The van der Waals surface area contributed by atoms with Gasteiger partial charge in [-0.3, -0.25) is 0 Å². The van der Waals surface area contributed by atoms with E-state index >= 15 is 0 Å². The summed E-state index contributed by atoms with van der Waals surface area (Å²) in [5.74, 6) is 0. The maximum Gasteiger partial charge on any atom is 0.242 e. The number of rotatable bonds is 7. The average Bonchev–Trinajstić information content (AvgIpc) is 2.88. The van der Waals surface area contributed by atoms with Gasteiger partial charge in [-0.1, -0.05) is 6.92 Å². The van der Waals surface area contributed by atoms with Gasteiger partial charge in [0.05, 0.1) is 4.90 Å². The van der Waals surface area contributed by atoms with Crippen molar-refractivity contribution in [2.45, 2.75) is 43.7 Å². The SMILES string of the molecule is CCCNCc1sccc1S(=O)(=O)NC1CCCN(C)C1. The first-order chi connectivity index (χ1) is 10.0. The average molecular weight is 332 g/mol. The number of likely N-dealkylation sites (N-methyl/N-ethyl adjacent to an activating group) is 1. The molecule has 1 saturated heterocycles. The normalized spacial score (nSPS) is 20.8. The van der Waals surface area contributed by atoms with Gasteiger partial charge in [0.2, 0.25) is 10.0 Å². The van der Waals surface area contributed by atoms with Crippen LogP contribution in [0, 0.1) is 0 Å². The Morgan fingerprint density at radius 3 is 3.00 bits per heavy atom. The lowest BCUT2D eigenvalue weighted by Gasteiger charge is -2.30. The van der Waals surface area contributed by atoms with Crippen molar-refractivity contribution in [3.63, 3.8) is 0 Å². The van der Waals surface area contributed by atoms with Gasteiger partial charge in [0, 0.05) is 24.0 Å². The molecule has 1 atom stereocenters. The summed E-state index contributed by atoms with van der Waals surface area (Å²) < 4.78 is 28.0. The highest BCUT2D eigenvalue weighted by atomic mass is 32.2. The quantitative estimate of drug-likeness (QED) is 0.746. The number of likely N-dealkylation sites (tertiary alicyclic amines) is 1. The fraction of sp³-hybridized carbons (Fsp3) is 0.714. The Bertz CT molecular complexity index is 542. The van der Waals surface area contributed by atoms with Gasteiger partial charge in [0.1, 0.15) is 0 Å². The molecule has 5 nitrogen and oxygen atoms in total. The molecule has 0 aromatic carbocycles. The number of hydrogen-bond donors (Lipinski definition) is 2. The van der Waals surface area contributed by atoms with Crippen LogP contribution in [-0.4, -0.2) is 46.0 Å². The highest BCUT2D eigenvalue weighted by Crippen LogP contribution is 2.23. The third kappa shape index (κ3) is 4.75. The van der Waals surface area contributed by atoms with E-state index in [0.29, 0.717) is 11.4 Å². The third-order valence-electron chi connectivity index (χ3n) is 3.65. The first kappa shape index (κ1) is 16.9. The summed E-state index contributed by atoms with van der Waals surface area (Å²) in [5.41, 5.74) is 0. The van der Waals surface area contributed by atoms with E-state index in [1.165, 1.54) is 11.3 Å². The van der Waals surface area contributed by atoms with Crippen LogP contribution < -0.4 is 10.0 Å².